The van der Waals surface area contributed by atoms with Gasteiger partial charge in [-0.2, -0.15) is 0 Å². The number of allylic oxidation sites excluding steroid dienone is 1. The average molecular weight is 452 g/mol. The molecular formula is C23H25N5O3S. The largest absolute Gasteiger partial charge is 0.465 e. The fourth-order valence-electron chi connectivity index (χ4n) is 4.11. The number of rotatable bonds is 5. The molecule has 3 aromatic rings. The summed E-state index contributed by atoms with van der Waals surface area (Å²) < 4.78 is 1.00. The van der Waals surface area contributed by atoms with E-state index in [1.807, 2.05) is 24.4 Å². The molecule has 0 saturated carbocycles. The van der Waals surface area contributed by atoms with Gasteiger partial charge in [0.15, 0.2) is 0 Å². The first-order valence-corrected chi connectivity index (χ1v) is 11.2. The first-order valence-electron chi connectivity index (χ1n) is 10.4. The zero-order valence-corrected chi connectivity index (χ0v) is 18.8. The van der Waals surface area contributed by atoms with Crippen molar-refractivity contribution < 1.29 is 14.7 Å². The number of hydrogen-bond acceptors (Lipinski definition) is 6. The van der Waals surface area contributed by atoms with Crippen LogP contribution >= 0.6 is 11.3 Å². The summed E-state index contributed by atoms with van der Waals surface area (Å²) in [5.74, 6) is -0.0363. The predicted octanol–water partition coefficient (Wildman–Crippen LogP) is 4.46. The zero-order valence-electron chi connectivity index (χ0n) is 18.0. The van der Waals surface area contributed by atoms with E-state index in [1.54, 1.807) is 29.8 Å². The maximum absolute atomic E-state index is 13.0. The van der Waals surface area contributed by atoms with Gasteiger partial charge in [-0.1, -0.05) is 13.5 Å². The second-order valence-electron chi connectivity index (χ2n) is 8.21. The number of anilines is 2. The Bertz CT molecular complexity index is 1190. The first kappa shape index (κ1) is 21.8. The van der Waals surface area contributed by atoms with Crippen molar-refractivity contribution in [1.29, 1.82) is 0 Å². The lowest BCUT2D eigenvalue weighted by atomic mass is 9.95. The molecule has 8 nitrogen and oxygen atoms in total. The van der Waals surface area contributed by atoms with Crippen molar-refractivity contribution in [3.8, 4) is 0 Å². The predicted molar refractivity (Wildman–Crippen MR) is 127 cm³/mol. The lowest BCUT2D eigenvalue weighted by Crippen LogP contribution is -2.50. The van der Waals surface area contributed by atoms with Gasteiger partial charge in [0.25, 0.3) is 5.91 Å². The summed E-state index contributed by atoms with van der Waals surface area (Å²) in [7, 11) is 0. The van der Waals surface area contributed by atoms with Gasteiger partial charge in [0, 0.05) is 36.3 Å². The number of thiophene rings is 1. The molecule has 0 spiro atoms. The van der Waals surface area contributed by atoms with Crippen molar-refractivity contribution >= 4 is 50.5 Å². The van der Waals surface area contributed by atoms with Crippen LogP contribution in [0.15, 0.2) is 42.6 Å². The van der Waals surface area contributed by atoms with Crippen LogP contribution < -0.4 is 15.5 Å². The lowest BCUT2D eigenvalue weighted by molar-refractivity contribution is 0.102. The van der Waals surface area contributed by atoms with E-state index in [1.165, 1.54) is 0 Å². The summed E-state index contributed by atoms with van der Waals surface area (Å²) in [5.41, 5.74) is 4.30. The second-order valence-corrected chi connectivity index (χ2v) is 9.12. The Balaban J connectivity index is 1.58. The second kappa shape index (κ2) is 8.96. The minimum absolute atomic E-state index is 0.184. The molecule has 32 heavy (non-hydrogen) atoms. The molecule has 0 bridgehead atoms. The third kappa shape index (κ3) is 4.57. The summed E-state index contributed by atoms with van der Waals surface area (Å²) in [6.45, 7) is 9.27. The fourth-order valence-corrected chi connectivity index (χ4v) is 5.09. The van der Waals surface area contributed by atoms with Crippen molar-refractivity contribution in [3.63, 3.8) is 0 Å². The summed E-state index contributed by atoms with van der Waals surface area (Å²) in [6, 6.07) is 5.26. The quantitative estimate of drug-likeness (QED) is 0.529. The molecule has 3 N–H and O–H groups in total. The zero-order chi connectivity index (χ0) is 22.8. The third-order valence-corrected chi connectivity index (χ3v) is 6.42. The van der Waals surface area contributed by atoms with Crippen LogP contribution in [-0.4, -0.2) is 46.2 Å². The highest BCUT2D eigenvalue weighted by Crippen LogP contribution is 2.31. The van der Waals surface area contributed by atoms with Crippen molar-refractivity contribution in [1.82, 2.24) is 15.3 Å². The monoisotopic (exact) mass is 451 g/mol. The Kier molecular flexibility index (Phi) is 6.09. The van der Waals surface area contributed by atoms with Crippen molar-refractivity contribution in [2.24, 2.45) is 5.92 Å². The maximum Gasteiger partial charge on any atom is 0.404 e. The molecule has 0 radical (unpaired) electrons. The van der Waals surface area contributed by atoms with Crippen molar-refractivity contribution in [2.45, 2.75) is 26.3 Å². The molecule has 4 heterocycles. The van der Waals surface area contributed by atoms with Crippen molar-refractivity contribution in [2.75, 3.05) is 23.3 Å². The molecule has 2 amide bonds. The highest BCUT2D eigenvalue weighted by Gasteiger charge is 2.27. The van der Waals surface area contributed by atoms with E-state index < -0.39 is 6.09 Å². The molecule has 0 aliphatic carbocycles. The van der Waals surface area contributed by atoms with E-state index in [0.29, 0.717) is 23.8 Å². The molecule has 1 aliphatic heterocycles. The number of nitrogens with zero attached hydrogens (tertiary/aromatic N) is 3. The van der Waals surface area contributed by atoms with Gasteiger partial charge in [-0.15, -0.1) is 11.3 Å². The molecule has 2 atom stereocenters. The molecule has 0 unspecified atom stereocenters. The first-order chi connectivity index (χ1) is 15.3. The number of hydrogen-bond donors (Lipinski definition) is 3. The van der Waals surface area contributed by atoms with Crippen molar-refractivity contribution in [3.05, 3.63) is 53.8 Å². The van der Waals surface area contributed by atoms with Crippen LogP contribution in [0.1, 0.15) is 36.3 Å². The molecular weight excluding hydrogens is 426 g/mol. The van der Waals surface area contributed by atoms with Gasteiger partial charge < -0.3 is 20.6 Å². The highest BCUT2D eigenvalue weighted by atomic mass is 32.1. The van der Waals surface area contributed by atoms with E-state index >= 15 is 0 Å². The van der Waals surface area contributed by atoms with Crippen LogP contribution in [0.5, 0.6) is 0 Å². The van der Waals surface area contributed by atoms with E-state index in [0.717, 1.165) is 40.0 Å². The minimum atomic E-state index is -1.03. The smallest absolute Gasteiger partial charge is 0.404 e. The summed E-state index contributed by atoms with van der Waals surface area (Å²) in [5, 5.41) is 16.6. The van der Waals surface area contributed by atoms with Gasteiger partial charge in [0.1, 0.15) is 5.69 Å². The molecule has 0 aromatic carbocycles. The summed E-state index contributed by atoms with van der Waals surface area (Å²) in [4.78, 5) is 35.0. The van der Waals surface area contributed by atoms with Crippen LogP contribution in [-0.2, 0) is 0 Å². The minimum Gasteiger partial charge on any atom is -0.465 e. The number of aromatic nitrogens is 2. The van der Waals surface area contributed by atoms with Crippen LogP contribution in [0.4, 0.5) is 16.2 Å². The number of carboxylic acid groups (broad SMARTS) is 1. The van der Waals surface area contributed by atoms with Gasteiger partial charge in [0.05, 0.1) is 27.8 Å². The molecule has 9 heteroatoms. The molecule has 3 aromatic heterocycles. The average Bonchev–Trinajstić information content (AvgIpc) is 3.16. The van der Waals surface area contributed by atoms with Gasteiger partial charge in [-0.25, -0.2) is 9.78 Å². The molecule has 1 saturated heterocycles. The number of amides is 2. The molecule has 1 fully saturated rings. The van der Waals surface area contributed by atoms with E-state index in [4.69, 9.17) is 5.11 Å². The van der Waals surface area contributed by atoms with Gasteiger partial charge in [-0.3, -0.25) is 9.78 Å². The number of fused-ring (bicyclic) bond motifs is 1. The Morgan fingerprint density at radius 2 is 2.09 bits per heavy atom. The highest BCUT2D eigenvalue weighted by molar-refractivity contribution is 7.17. The van der Waals surface area contributed by atoms with E-state index in [-0.39, 0.29) is 11.9 Å². The summed E-state index contributed by atoms with van der Waals surface area (Å²) >= 11 is 1.57. The summed E-state index contributed by atoms with van der Waals surface area (Å²) in [6.07, 6.45) is 3.01. The van der Waals surface area contributed by atoms with Crippen LogP contribution in [0.2, 0.25) is 0 Å². The molecule has 4 rings (SSSR count). The van der Waals surface area contributed by atoms with Gasteiger partial charge in [-0.05, 0) is 43.0 Å². The Morgan fingerprint density at radius 3 is 2.84 bits per heavy atom. The topological polar surface area (TPSA) is 107 Å². The van der Waals surface area contributed by atoms with Gasteiger partial charge >= 0.3 is 6.09 Å². The van der Waals surface area contributed by atoms with E-state index in [2.05, 4.69) is 39.0 Å². The Morgan fingerprint density at radius 1 is 1.28 bits per heavy atom. The standard InChI is InChI=1S/C23H25N5O3S/c1-13(2)16-12-32-20-5-4-17(26-21(16)20)22(29)27-18-9-24-7-6-19(18)28-10-14(3)8-15(11-28)25-23(30)31/h4-7,9,12,14-15,25H,1,8,10-11H2,2-3H3,(H,27,29)(H,30,31)/t14-,15+/m1/s1. The molecule has 166 valence electrons. The lowest BCUT2D eigenvalue weighted by Gasteiger charge is -2.38. The number of piperidine rings is 1. The van der Waals surface area contributed by atoms with Crippen LogP contribution in [0, 0.1) is 5.92 Å². The SMILES string of the molecule is C=C(C)c1csc2ccc(C(=O)Nc3cnccc3N3C[C@H](C)C[C@H](NC(=O)O)C3)nc12. The fraction of sp³-hybridized carbons (Fsp3) is 0.304. The number of carbonyl (C=O) groups is 2. The number of carbonyl (C=O) groups excluding carboxylic acids is 1. The van der Waals surface area contributed by atoms with Crippen LogP contribution in [0.3, 0.4) is 0 Å². The normalized spacial score (nSPS) is 18.4. The Hall–Kier alpha value is -3.46. The number of nitrogens with one attached hydrogen (secondary N) is 2. The van der Waals surface area contributed by atoms with Gasteiger partial charge in [0.2, 0.25) is 0 Å². The Labute approximate surface area is 190 Å². The van der Waals surface area contributed by atoms with E-state index in [9.17, 15) is 9.59 Å². The third-order valence-electron chi connectivity index (χ3n) is 5.48. The number of pyridine rings is 2. The maximum atomic E-state index is 13.0. The molecule has 1 aliphatic rings. The van der Waals surface area contributed by atoms with Crippen LogP contribution in [0.25, 0.3) is 15.8 Å².